The van der Waals surface area contributed by atoms with Crippen LogP contribution in [0.4, 0.5) is 0 Å². The van der Waals surface area contributed by atoms with E-state index in [1.807, 2.05) is 12.1 Å². The highest BCUT2D eigenvalue weighted by Gasteiger charge is 2.27. The number of methoxy groups -OCH3 is 1. The summed E-state index contributed by atoms with van der Waals surface area (Å²) < 4.78 is 6.53. The van der Waals surface area contributed by atoms with E-state index in [1.165, 1.54) is 11.1 Å². The van der Waals surface area contributed by atoms with Crippen molar-refractivity contribution in [2.45, 2.75) is 25.0 Å². The number of nitrogens with one attached hydrogen (secondary N) is 2. The molecule has 2 unspecified atom stereocenters. The largest absolute Gasteiger partial charge is 0.496 e. The van der Waals surface area contributed by atoms with Gasteiger partial charge in [-0.15, -0.1) is 0 Å². The second kappa shape index (κ2) is 7.27. The predicted octanol–water partition coefficient (Wildman–Crippen LogP) is 3.65. The topological polar surface area (TPSA) is 33.3 Å². The van der Waals surface area contributed by atoms with Crippen molar-refractivity contribution in [1.29, 1.82) is 0 Å². The first kappa shape index (κ1) is 15.5. The van der Waals surface area contributed by atoms with Gasteiger partial charge in [-0.25, -0.2) is 0 Å². The minimum atomic E-state index is 0.374. The second-order valence-electron chi connectivity index (χ2n) is 5.57. The van der Waals surface area contributed by atoms with E-state index in [0.717, 1.165) is 29.7 Å². The molecule has 3 nitrogen and oxygen atoms in total. The minimum absolute atomic E-state index is 0.374. The molecular weight excluding hydrogens is 340 g/mol. The van der Waals surface area contributed by atoms with Crippen molar-refractivity contribution >= 4 is 15.9 Å². The Kier molecular flexibility index (Phi) is 5.13. The van der Waals surface area contributed by atoms with Gasteiger partial charge in [0.2, 0.25) is 0 Å². The molecule has 2 aromatic rings. The fraction of sp³-hybridized carbons (Fsp3) is 0.333. The molecule has 3 rings (SSSR count). The number of hydrogen-bond acceptors (Lipinski definition) is 3. The first-order valence-corrected chi connectivity index (χ1v) is 8.41. The van der Waals surface area contributed by atoms with Crippen molar-refractivity contribution in [2.24, 2.45) is 0 Å². The van der Waals surface area contributed by atoms with E-state index in [4.69, 9.17) is 4.74 Å². The zero-order chi connectivity index (χ0) is 15.4. The number of hydrogen-bond donors (Lipinski definition) is 2. The summed E-state index contributed by atoms with van der Waals surface area (Å²) in [5.41, 5.74) is 2.52. The fourth-order valence-corrected chi connectivity index (χ4v) is 3.47. The second-order valence-corrected chi connectivity index (χ2v) is 6.49. The molecule has 0 amide bonds. The van der Waals surface area contributed by atoms with Crippen LogP contribution < -0.4 is 15.4 Å². The van der Waals surface area contributed by atoms with Gasteiger partial charge in [0, 0.05) is 28.7 Å². The van der Waals surface area contributed by atoms with Gasteiger partial charge in [-0.2, -0.15) is 0 Å². The third kappa shape index (κ3) is 3.51. The minimum Gasteiger partial charge on any atom is -0.496 e. The van der Waals surface area contributed by atoms with Gasteiger partial charge >= 0.3 is 0 Å². The maximum Gasteiger partial charge on any atom is 0.123 e. The van der Waals surface area contributed by atoms with E-state index in [9.17, 15) is 0 Å². The number of ether oxygens (including phenoxy) is 1. The summed E-state index contributed by atoms with van der Waals surface area (Å²) in [7, 11) is 1.72. The van der Waals surface area contributed by atoms with E-state index >= 15 is 0 Å². The van der Waals surface area contributed by atoms with Crippen LogP contribution in [0.2, 0.25) is 0 Å². The van der Waals surface area contributed by atoms with E-state index in [1.54, 1.807) is 7.11 Å². The molecule has 116 valence electrons. The molecule has 2 N–H and O–H groups in total. The molecule has 0 bridgehead atoms. The van der Waals surface area contributed by atoms with Crippen LogP contribution in [0.1, 0.15) is 23.6 Å². The summed E-state index contributed by atoms with van der Waals surface area (Å²) in [6, 6.07) is 17.6. The van der Waals surface area contributed by atoms with Gasteiger partial charge in [0.15, 0.2) is 0 Å². The Bertz CT molecular complexity index is 618. The SMILES string of the molecule is COc1ccc(Br)cc1CNC1CCNC1c1ccccc1. The van der Waals surface area contributed by atoms with Crippen molar-refractivity contribution < 1.29 is 4.74 Å². The van der Waals surface area contributed by atoms with Crippen molar-refractivity contribution in [3.05, 3.63) is 64.1 Å². The first-order valence-electron chi connectivity index (χ1n) is 7.62. The molecule has 1 heterocycles. The zero-order valence-electron chi connectivity index (χ0n) is 12.7. The Morgan fingerprint density at radius 3 is 2.82 bits per heavy atom. The van der Waals surface area contributed by atoms with Gasteiger partial charge in [-0.1, -0.05) is 46.3 Å². The highest BCUT2D eigenvalue weighted by Crippen LogP contribution is 2.26. The van der Waals surface area contributed by atoms with Crippen LogP contribution in [0, 0.1) is 0 Å². The van der Waals surface area contributed by atoms with Gasteiger partial charge in [-0.05, 0) is 36.7 Å². The monoisotopic (exact) mass is 360 g/mol. The molecule has 0 aliphatic carbocycles. The van der Waals surface area contributed by atoms with Crippen molar-refractivity contribution in [3.8, 4) is 5.75 Å². The molecule has 0 aromatic heterocycles. The lowest BCUT2D eigenvalue weighted by atomic mass is 10.0. The Hall–Kier alpha value is -1.36. The summed E-state index contributed by atoms with van der Waals surface area (Å²) in [5.74, 6) is 0.929. The van der Waals surface area contributed by atoms with Gasteiger partial charge in [0.25, 0.3) is 0 Å². The van der Waals surface area contributed by atoms with Crippen LogP contribution in [-0.4, -0.2) is 19.7 Å². The van der Waals surface area contributed by atoms with Crippen LogP contribution >= 0.6 is 15.9 Å². The molecule has 4 heteroatoms. The van der Waals surface area contributed by atoms with E-state index in [2.05, 4.69) is 63.0 Å². The highest BCUT2D eigenvalue weighted by molar-refractivity contribution is 9.10. The molecule has 1 fully saturated rings. The Balaban J connectivity index is 1.69. The molecule has 0 saturated carbocycles. The van der Waals surface area contributed by atoms with Crippen molar-refractivity contribution in [2.75, 3.05) is 13.7 Å². The number of benzene rings is 2. The molecule has 1 aliphatic heterocycles. The van der Waals surface area contributed by atoms with Crippen LogP contribution in [0.5, 0.6) is 5.75 Å². The molecule has 0 spiro atoms. The summed E-state index contributed by atoms with van der Waals surface area (Å²) in [4.78, 5) is 0. The van der Waals surface area contributed by atoms with Crippen LogP contribution in [0.3, 0.4) is 0 Å². The number of rotatable bonds is 5. The first-order chi connectivity index (χ1) is 10.8. The fourth-order valence-electron chi connectivity index (χ4n) is 3.06. The van der Waals surface area contributed by atoms with Crippen LogP contribution in [-0.2, 0) is 6.54 Å². The van der Waals surface area contributed by atoms with E-state index in [0.29, 0.717) is 12.1 Å². The lowest BCUT2D eigenvalue weighted by molar-refractivity contribution is 0.401. The molecule has 2 aromatic carbocycles. The van der Waals surface area contributed by atoms with E-state index < -0.39 is 0 Å². The maximum atomic E-state index is 5.45. The quantitative estimate of drug-likeness (QED) is 0.853. The molecule has 22 heavy (non-hydrogen) atoms. The zero-order valence-corrected chi connectivity index (χ0v) is 14.3. The Morgan fingerprint density at radius 2 is 2.05 bits per heavy atom. The summed E-state index contributed by atoms with van der Waals surface area (Å²) in [6.45, 7) is 1.85. The lowest BCUT2D eigenvalue weighted by Crippen LogP contribution is -2.34. The Labute approximate surface area is 140 Å². The lowest BCUT2D eigenvalue weighted by Gasteiger charge is -2.22. The molecular formula is C18H21BrN2O. The molecule has 2 atom stereocenters. The van der Waals surface area contributed by atoms with Gasteiger partial charge in [0.05, 0.1) is 7.11 Å². The van der Waals surface area contributed by atoms with Gasteiger partial charge in [0.1, 0.15) is 5.75 Å². The van der Waals surface area contributed by atoms with Crippen LogP contribution in [0.15, 0.2) is 53.0 Å². The number of halogens is 1. The average Bonchev–Trinajstić information content (AvgIpc) is 3.02. The standard InChI is InChI=1S/C18H21BrN2O/c1-22-17-8-7-15(19)11-14(17)12-21-16-9-10-20-18(16)13-5-3-2-4-6-13/h2-8,11,16,18,20-21H,9-10,12H2,1H3. The maximum absolute atomic E-state index is 5.45. The Morgan fingerprint density at radius 1 is 1.23 bits per heavy atom. The normalized spacial score (nSPS) is 21.0. The van der Waals surface area contributed by atoms with Gasteiger partial charge < -0.3 is 15.4 Å². The summed E-state index contributed by atoms with van der Waals surface area (Å²) in [5, 5.41) is 7.28. The van der Waals surface area contributed by atoms with Gasteiger partial charge in [-0.3, -0.25) is 0 Å². The third-order valence-corrected chi connectivity index (χ3v) is 4.67. The van der Waals surface area contributed by atoms with E-state index in [-0.39, 0.29) is 0 Å². The molecule has 1 saturated heterocycles. The molecule has 0 radical (unpaired) electrons. The summed E-state index contributed by atoms with van der Waals surface area (Å²) in [6.07, 6.45) is 1.13. The van der Waals surface area contributed by atoms with Crippen molar-refractivity contribution in [3.63, 3.8) is 0 Å². The highest BCUT2D eigenvalue weighted by atomic mass is 79.9. The van der Waals surface area contributed by atoms with Crippen LogP contribution in [0.25, 0.3) is 0 Å². The predicted molar refractivity (Wildman–Crippen MR) is 93.1 cm³/mol. The smallest absolute Gasteiger partial charge is 0.123 e. The summed E-state index contributed by atoms with van der Waals surface area (Å²) >= 11 is 3.53. The van der Waals surface area contributed by atoms with Crippen molar-refractivity contribution in [1.82, 2.24) is 10.6 Å². The average molecular weight is 361 g/mol. The molecule has 1 aliphatic rings. The third-order valence-electron chi connectivity index (χ3n) is 4.18.